The molecule has 0 N–H and O–H groups in total. The maximum atomic E-state index is 9.78. The quantitative estimate of drug-likeness (QED) is 0.157. The Hall–Kier alpha value is -7.08. The van der Waals surface area contributed by atoms with E-state index in [2.05, 4.69) is 58.3 Å². The normalized spacial score (nSPS) is 12.0. The largest absolute Gasteiger partial charge is 0.456 e. The molecule has 0 aromatic heterocycles. The van der Waals surface area contributed by atoms with Crippen molar-refractivity contribution in [3.63, 3.8) is 0 Å². The first-order chi connectivity index (χ1) is 24.2. The topological polar surface area (TPSA) is 63.3 Å². The van der Waals surface area contributed by atoms with Crippen LogP contribution in [0.15, 0.2) is 193 Å². The molecule has 7 rings (SSSR count). The minimum atomic E-state index is 0.0187. The van der Waals surface area contributed by atoms with Crippen LogP contribution >= 0.6 is 0 Å². The Bertz CT molecular complexity index is 1990. The molecule has 6 aromatic carbocycles. The average Bonchev–Trinajstić information content (AvgIpc) is 3.18. The van der Waals surface area contributed by atoms with E-state index in [1.54, 1.807) is 12.2 Å². The summed E-state index contributed by atoms with van der Waals surface area (Å²) >= 11 is 0. The van der Waals surface area contributed by atoms with E-state index in [-0.39, 0.29) is 5.57 Å². The van der Waals surface area contributed by atoms with Crippen LogP contribution in [-0.2, 0) is 4.74 Å². The van der Waals surface area contributed by atoms with E-state index in [9.17, 15) is 10.5 Å². The molecule has 232 valence electrons. The average molecular weight is 631 g/mol. The van der Waals surface area contributed by atoms with Crippen molar-refractivity contribution in [1.82, 2.24) is 0 Å². The van der Waals surface area contributed by atoms with Gasteiger partial charge in [-0.3, -0.25) is 0 Å². The van der Waals surface area contributed by atoms with Crippen LogP contribution in [-0.4, -0.2) is 0 Å². The molecule has 0 radical (unpaired) electrons. The molecule has 5 nitrogen and oxygen atoms in total. The lowest BCUT2D eigenvalue weighted by Crippen LogP contribution is -2.10. The number of nitrogens with zero attached hydrogens (tertiary/aromatic N) is 4. The molecule has 6 aromatic rings. The molecule has 0 unspecified atom stereocenters. The molecule has 0 amide bonds. The van der Waals surface area contributed by atoms with Crippen LogP contribution in [0.4, 0.5) is 34.1 Å². The van der Waals surface area contributed by atoms with Crippen LogP contribution in [0.5, 0.6) is 0 Å². The molecular formula is C44H30N4O. The lowest BCUT2D eigenvalue weighted by atomic mass is 10.0. The lowest BCUT2D eigenvalue weighted by molar-refractivity contribution is 0.467. The highest BCUT2D eigenvalue weighted by molar-refractivity contribution is 5.83. The molecule has 0 bridgehead atoms. The highest BCUT2D eigenvalue weighted by atomic mass is 16.5. The minimum absolute atomic E-state index is 0.0187. The number of para-hydroxylation sites is 4. The molecule has 1 heterocycles. The first kappa shape index (κ1) is 30.6. The van der Waals surface area contributed by atoms with Crippen molar-refractivity contribution < 1.29 is 4.74 Å². The predicted octanol–water partition coefficient (Wildman–Crippen LogP) is 11.4. The van der Waals surface area contributed by atoms with E-state index in [4.69, 9.17) is 4.74 Å². The number of hydrogen-bond acceptors (Lipinski definition) is 5. The van der Waals surface area contributed by atoms with Crippen LogP contribution in [0.1, 0.15) is 11.1 Å². The molecule has 1 aliphatic heterocycles. The molecule has 49 heavy (non-hydrogen) atoms. The number of ether oxygens (including phenoxy) is 1. The van der Waals surface area contributed by atoms with Gasteiger partial charge in [-0.05, 0) is 109 Å². The smallest absolute Gasteiger partial charge is 0.137 e. The Balaban J connectivity index is 1.22. The summed E-state index contributed by atoms with van der Waals surface area (Å²) in [6.07, 6.45) is 3.51. The maximum Gasteiger partial charge on any atom is 0.137 e. The van der Waals surface area contributed by atoms with E-state index >= 15 is 0 Å². The van der Waals surface area contributed by atoms with Gasteiger partial charge in [0.25, 0.3) is 0 Å². The second kappa shape index (κ2) is 14.1. The monoisotopic (exact) mass is 630 g/mol. The number of rotatable bonds is 8. The molecule has 0 spiro atoms. The van der Waals surface area contributed by atoms with Crippen LogP contribution in [0.2, 0.25) is 0 Å². The van der Waals surface area contributed by atoms with Crippen molar-refractivity contribution in [2.75, 3.05) is 9.80 Å². The van der Waals surface area contributed by atoms with Gasteiger partial charge in [-0.1, -0.05) is 72.8 Å². The summed E-state index contributed by atoms with van der Waals surface area (Å²) in [5.41, 5.74) is 8.28. The van der Waals surface area contributed by atoms with Gasteiger partial charge in [0, 0.05) is 50.8 Å². The summed E-state index contributed by atoms with van der Waals surface area (Å²) < 4.78 is 6.51. The van der Waals surface area contributed by atoms with E-state index in [0.717, 1.165) is 45.3 Å². The summed E-state index contributed by atoms with van der Waals surface area (Å²) in [6, 6.07) is 61.2. The Labute approximate surface area is 286 Å². The fraction of sp³-hybridized carbons (Fsp3) is 0. The standard InChI is InChI=1S/C44H30N4O/c45-31-36(32-46)35-29-43(33-21-25-41(26-22-33)47(37-13-5-1-6-14-37)38-15-7-2-8-16-38)49-44(30-35)34-23-27-42(28-24-34)48(39-17-9-3-10-18-39)40-19-11-4-12-20-40/h1-30H. The summed E-state index contributed by atoms with van der Waals surface area (Å²) in [7, 11) is 0. The Morgan fingerprint density at radius 2 is 0.673 bits per heavy atom. The van der Waals surface area contributed by atoms with Gasteiger partial charge in [-0.2, -0.15) is 10.5 Å². The van der Waals surface area contributed by atoms with Crippen LogP contribution < -0.4 is 9.80 Å². The summed E-state index contributed by atoms with van der Waals surface area (Å²) in [5.74, 6) is 1.10. The summed E-state index contributed by atoms with van der Waals surface area (Å²) in [4.78, 5) is 4.38. The number of hydrogen-bond donors (Lipinski definition) is 0. The third-order valence-corrected chi connectivity index (χ3v) is 8.18. The highest BCUT2D eigenvalue weighted by Crippen LogP contribution is 2.39. The number of allylic oxidation sites excluding steroid dienone is 4. The predicted molar refractivity (Wildman–Crippen MR) is 198 cm³/mol. The van der Waals surface area contributed by atoms with Gasteiger partial charge in [0.15, 0.2) is 0 Å². The summed E-state index contributed by atoms with van der Waals surface area (Å²) in [6.45, 7) is 0. The van der Waals surface area contributed by atoms with E-state index in [0.29, 0.717) is 17.1 Å². The van der Waals surface area contributed by atoms with Crippen molar-refractivity contribution >= 4 is 45.6 Å². The van der Waals surface area contributed by atoms with E-state index in [1.165, 1.54) is 0 Å². The number of benzene rings is 6. The van der Waals surface area contributed by atoms with Crippen molar-refractivity contribution in [2.45, 2.75) is 0 Å². The first-order valence-electron chi connectivity index (χ1n) is 15.9. The van der Waals surface area contributed by atoms with Gasteiger partial charge in [0.2, 0.25) is 0 Å². The molecular weight excluding hydrogens is 601 g/mol. The maximum absolute atomic E-state index is 9.78. The Morgan fingerprint density at radius 1 is 0.388 bits per heavy atom. The third kappa shape index (κ3) is 6.60. The molecule has 0 saturated carbocycles. The van der Waals surface area contributed by atoms with Crippen LogP contribution in [0, 0.1) is 22.7 Å². The molecule has 1 aliphatic rings. The third-order valence-electron chi connectivity index (χ3n) is 8.18. The van der Waals surface area contributed by atoms with Gasteiger partial charge in [-0.25, -0.2) is 0 Å². The second-order valence-electron chi connectivity index (χ2n) is 11.3. The number of anilines is 6. The zero-order valence-corrected chi connectivity index (χ0v) is 26.5. The lowest BCUT2D eigenvalue weighted by Gasteiger charge is -2.26. The Morgan fingerprint density at radius 3 is 0.959 bits per heavy atom. The van der Waals surface area contributed by atoms with E-state index < -0.39 is 0 Å². The fourth-order valence-corrected chi connectivity index (χ4v) is 5.84. The second-order valence-corrected chi connectivity index (χ2v) is 11.3. The van der Waals surface area contributed by atoms with Crippen LogP contribution in [0.25, 0.3) is 11.5 Å². The molecule has 0 saturated heterocycles. The van der Waals surface area contributed by atoms with Gasteiger partial charge in [0.1, 0.15) is 29.2 Å². The number of nitriles is 2. The molecule has 5 heteroatoms. The van der Waals surface area contributed by atoms with Crippen molar-refractivity contribution in [1.29, 1.82) is 10.5 Å². The van der Waals surface area contributed by atoms with Gasteiger partial charge >= 0.3 is 0 Å². The van der Waals surface area contributed by atoms with E-state index in [1.807, 2.05) is 133 Å². The van der Waals surface area contributed by atoms with Crippen LogP contribution in [0.3, 0.4) is 0 Å². The van der Waals surface area contributed by atoms with Crippen molar-refractivity contribution in [3.8, 4) is 12.1 Å². The highest BCUT2D eigenvalue weighted by Gasteiger charge is 2.20. The fourth-order valence-electron chi connectivity index (χ4n) is 5.84. The first-order valence-corrected chi connectivity index (χ1v) is 15.9. The van der Waals surface area contributed by atoms with Crippen molar-refractivity contribution in [3.05, 3.63) is 204 Å². The zero-order valence-electron chi connectivity index (χ0n) is 26.5. The van der Waals surface area contributed by atoms with Gasteiger partial charge < -0.3 is 14.5 Å². The molecule has 0 atom stereocenters. The summed E-state index contributed by atoms with van der Waals surface area (Å²) in [5, 5.41) is 19.6. The SMILES string of the molecule is N#CC(C#N)=C1C=C(c2ccc(N(c3ccccc3)c3ccccc3)cc2)OC(c2ccc(N(c3ccccc3)c3ccccc3)cc2)=C1. The van der Waals surface area contributed by atoms with Crippen molar-refractivity contribution in [2.24, 2.45) is 0 Å². The molecule has 0 fully saturated rings. The van der Waals surface area contributed by atoms with Gasteiger partial charge in [-0.15, -0.1) is 0 Å². The Kier molecular flexibility index (Phi) is 8.82. The molecule has 0 aliphatic carbocycles. The minimum Gasteiger partial charge on any atom is -0.456 e. The van der Waals surface area contributed by atoms with Gasteiger partial charge in [0.05, 0.1) is 0 Å². The zero-order chi connectivity index (χ0) is 33.4.